The molecule has 0 bridgehead atoms. The number of hydrogen-bond acceptors (Lipinski definition) is 3. The first kappa shape index (κ1) is 17.9. The average molecular weight is 334 g/mol. The van der Waals surface area contributed by atoms with Crippen LogP contribution in [0, 0.1) is 0 Å². The summed E-state index contributed by atoms with van der Waals surface area (Å²) in [4.78, 5) is 27.1. The van der Waals surface area contributed by atoms with Gasteiger partial charge >= 0.3 is 0 Å². The third-order valence-corrected chi connectivity index (χ3v) is 4.96. The minimum absolute atomic E-state index is 0.0454. The largest absolute Gasteiger partial charge is 0.351 e. The van der Waals surface area contributed by atoms with Crippen LogP contribution in [0.15, 0.2) is 35.2 Å². The van der Waals surface area contributed by atoms with Crippen molar-refractivity contribution in [1.82, 2.24) is 10.2 Å². The van der Waals surface area contributed by atoms with Crippen LogP contribution in [0.4, 0.5) is 0 Å². The number of nitrogens with zero attached hydrogens (tertiary/aromatic N) is 1. The summed E-state index contributed by atoms with van der Waals surface area (Å²) in [7, 11) is 0. The maximum atomic E-state index is 12.0. The molecule has 2 amide bonds. The summed E-state index contributed by atoms with van der Waals surface area (Å²) in [6, 6.07) is 10.2. The molecule has 1 atom stereocenters. The molecule has 1 aliphatic heterocycles. The number of nitrogens with one attached hydrogen (secondary N) is 1. The number of amides is 2. The van der Waals surface area contributed by atoms with E-state index in [4.69, 9.17) is 0 Å². The molecule has 0 saturated carbocycles. The highest BCUT2D eigenvalue weighted by Crippen LogP contribution is 2.22. The summed E-state index contributed by atoms with van der Waals surface area (Å²) in [6.45, 7) is 6.69. The Bertz CT molecular complexity index is 540. The number of benzene rings is 1. The second-order valence-electron chi connectivity index (χ2n) is 6.91. The van der Waals surface area contributed by atoms with E-state index in [9.17, 15) is 9.59 Å². The van der Waals surface area contributed by atoms with Gasteiger partial charge in [-0.3, -0.25) is 9.59 Å². The monoisotopic (exact) mass is 334 g/mol. The smallest absolute Gasteiger partial charge is 0.225 e. The van der Waals surface area contributed by atoms with Gasteiger partial charge < -0.3 is 10.2 Å². The summed E-state index contributed by atoms with van der Waals surface area (Å²) in [5.41, 5.74) is -0.178. The lowest BCUT2D eigenvalue weighted by atomic mass is 10.1. The van der Waals surface area contributed by atoms with Crippen molar-refractivity contribution in [2.24, 2.45) is 0 Å². The van der Waals surface area contributed by atoms with Gasteiger partial charge in [-0.15, -0.1) is 11.8 Å². The Morgan fingerprint density at radius 1 is 1.30 bits per heavy atom. The topological polar surface area (TPSA) is 49.4 Å². The molecule has 23 heavy (non-hydrogen) atoms. The molecule has 0 unspecified atom stereocenters. The molecule has 1 heterocycles. The predicted octanol–water partition coefficient (Wildman–Crippen LogP) is 3.07. The zero-order chi connectivity index (χ0) is 16.9. The number of hydrogen-bond donors (Lipinski definition) is 1. The molecule has 4 nitrogen and oxygen atoms in total. The molecule has 0 spiro atoms. The summed E-state index contributed by atoms with van der Waals surface area (Å²) in [5, 5.41) is 3.00. The van der Waals surface area contributed by atoms with Crippen molar-refractivity contribution in [3.63, 3.8) is 0 Å². The molecular weight excluding hydrogens is 308 g/mol. The highest BCUT2D eigenvalue weighted by molar-refractivity contribution is 7.99. The molecule has 0 aromatic heterocycles. The second kappa shape index (κ2) is 7.86. The van der Waals surface area contributed by atoms with Crippen LogP contribution < -0.4 is 5.32 Å². The van der Waals surface area contributed by atoms with Crippen LogP contribution in [0.2, 0.25) is 0 Å². The number of rotatable bonds is 6. The van der Waals surface area contributed by atoms with Crippen LogP contribution in [-0.4, -0.2) is 40.6 Å². The lowest BCUT2D eigenvalue weighted by Gasteiger charge is -2.32. The van der Waals surface area contributed by atoms with Gasteiger partial charge in [-0.1, -0.05) is 18.2 Å². The van der Waals surface area contributed by atoms with E-state index in [2.05, 4.69) is 17.4 Å². The van der Waals surface area contributed by atoms with Gasteiger partial charge in [0.2, 0.25) is 11.8 Å². The van der Waals surface area contributed by atoms with Gasteiger partial charge in [-0.05, 0) is 45.1 Å². The standard InChI is InChI=1S/C18H26N2O2S/c1-18(2,3)20-13-14(12-17(20)22)19-16(21)10-7-11-23-15-8-5-4-6-9-15/h4-6,8-9,14H,7,10-13H2,1-3H3,(H,19,21)/t14-/m1/s1. The molecule has 0 radical (unpaired) electrons. The lowest BCUT2D eigenvalue weighted by Crippen LogP contribution is -2.44. The Morgan fingerprint density at radius 3 is 2.61 bits per heavy atom. The first-order valence-corrected chi connectivity index (χ1v) is 9.12. The molecular formula is C18H26N2O2S. The zero-order valence-electron chi connectivity index (χ0n) is 14.2. The number of carbonyl (C=O) groups is 2. The van der Waals surface area contributed by atoms with E-state index in [0.717, 1.165) is 12.2 Å². The molecule has 0 aliphatic carbocycles. The summed E-state index contributed by atoms with van der Waals surface area (Å²) < 4.78 is 0. The van der Waals surface area contributed by atoms with Crippen LogP contribution in [0.3, 0.4) is 0 Å². The zero-order valence-corrected chi connectivity index (χ0v) is 15.0. The minimum atomic E-state index is -0.178. The maximum absolute atomic E-state index is 12.0. The maximum Gasteiger partial charge on any atom is 0.225 e. The van der Waals surface area contributed by atoms with E-state index >= 15 is 0 Å². The van der Waals surface area contributed by atoms with Crippen LogP contribution in [-0.2, 0) is 9.59 Å². The molecule has 126 valence electrons. The molecule has 1 N–H and O–H groups in total. The summed E-state index contributed by atoms with van der Waals surface area (Å²) in [6.07, 6.45) is 1.77. The molecule has 1 saturated heterocycles. The van der Waals surface area contributed by atoms with Crippen molar-refractivity contribution in [3.8, 4) is 0 Å². The Labute approximate surface area is 143 Å². The SMILES string of the molecule is CC(C)(C)N1C[C@H](NC(=O)CCCSc2ccccc2)CC1=O. The van der Waals surface area contributed by atoms with Crippen molar-refractivity contribution in [2.45, 2.75) is 56.5 Å². The predicted molar refractivity (Wildman–Crippen MR) is 94.4 cm³/mol. The molecule has 1 fully saturated rings. The van der Waals surface area contributed by atoms with Crippen molar-refractivity contribution >= 4 is 23.6 Å². The number of thioether (sulfide) groups is 1. The first-order chi connectivity index (χ1) is 10.9. The van der Waals surface area contributed by atoms with E-state index < -0.39 is 0 Å². The Hall–Kier alpha value is -1.49. The van der Waals surface area contributed by atoms with Gasteiger partial charge in [0.25, 0.3) is 0 Å². The summed E-state index contributed by atoms with van der Waals surface area (Å²) in [5.74, 6) is 1.10. The Balaban J connectivity index is 1.67. The fourth-order valence-electron chi connectivity index (χ4n) is 2.69. The van der Waals surface area contributed by atoms with Gasteiger partial charge in [0, 0.05) is 29.8 Å². The van der Waals surface area contributed by atoms with Gasteiger partial charge in [-0.25, -0.2) is 0 Å². The van der Waals surface area contributed by atoms with Crippen molar-refractivity contribution in [2.75, 3.05) is 12.3 Å². The summed E-state index contributed by atoms with van der Waals surface area (Å²) >= 11 is 1.77. The van der Waals surface area contributed by atoms with Crippen LogP contribution >= 0.6 is 11.8 Å². The van der Waals surface area contributed by atoms with Gasteiger partial charge in [-0.2, -0.15) is 0 Å². The molecule has 2 rings (SSSR count). The van der Waals surface area contributed by atoms with Crippen molar-refractivity contribution in [3.05, 3.63) is 30.3 Å². The molecule has 1 aromatic carbocycles. The van der Waals surface area contributed by atoms with E-state index in [1.54, 1.807) is 11.8 Å². The third-order valence-electron chi connectivity index (χ3n) is 3.86. The second-order valence-corrected chi connectivity index (χ2v) is 8.08. The van der Waals surface area contributed by atoms with Gasteiger partial charge in [0.1, 0.15) is 0 Å². The third kappa shape index (κ3) is 5.57. The van der Waals surface area contributed by atoms with E-state index in [1.807, 2.05) is 43.9 Å². The van der Waals surface area contributed by atoms with Gasteiger partial charge in [0.05, 0.1) is 6.04 Å². The highest BCUT2D eigenvalue weighted by Gasteiger charge is 2.36. The minimum Gasteiger partial charge on any atom is -0.351 e. The fourth-order valence-corrected chi connectivity index (χ4v) is 3.57. The van der Waals surface area contributed by atoms with Crippen LogP contribution in [0.5, 0.6) is 0 Å². The van der Waals surface area contributed by atoms with E-state index in [1.165, 1.54) is 4.90 Å². The van der Waals surface area contributed by atoms with Crippen LogP contribution in [0.1, 0.15) is 40.0 Å². The molecule has 1 aliphatic rings. The Kier molecular flexibility index (Phi) is 6.10. The highest BCUT2D eigenvalue weighted by atomic mass is 32.2. The average Bonchev–Trinajstić information content (AvgIpc) is 2.85. The van der Waals surface area contributed by atoms with Crippen molar-refractivity contribution < 1.29 is 9.59 Å². The lowest BCUT2D eigenvalue weighted by molar-refractivity contribution is -0.131. The van der Waals surface area contributed by atoms with Crippen LogP contribution in [0.25, 0.3) is 0 Å². The molecule has 5 heteroatoms. The van der Waals surface area contributed by atoms with E-state index in [-0.39, 0.29) is 23.4 Å². The van der Waals surface area contributed by atoms with Gasteiger partial charge in [0.15, 0.2) is 0 Å². The molecule has 1 aromatic rings. The van der Waals surface area contributed by atoms with Crippen molar-refractivity contribution in [1.29, 1.82) is 0 Å². The normalized spacial score (nSPS) is 18.3. The number of carbonyl (C=O) groups excluding carboxylic acids is 2. The Morgan fingerprint density at radius 2 is 2.00 bits per heavy atom. The quantitative estimate of drug-likeness (QED) is 0.642. The van der Waals surface area contributed by atoms with E-state index in [0.29, 0.717) is 19.4 Å². The first-order valence-electron chi connectivity index (χ1n) is 8.14. The fraction of sp³-hybridized carbons (Fsp3) is 0.556. The number of likely N-dealkylation sites (tertiary alicyclic amines) is 1.